The smallest absolute Gasteiger partial charge is 0.240 e. The molecule has 0 radical (unpaired) electrons. The second-order valence-corrected chi connectivity index (χ2v) is 3.45. The average Bonchev–Trinajstić information content (AvgIpc) is 2.08. The standard InChI is InChI=1S/C9H16N2O2/c1-7(12)6-11-5-3-4-8(10-2)9(11)13/h8,10H,3-6H2,1-2H3/t8-/m0/s1. The molecule has 1 aliphatic rings. The number of nitrogens with zero attached hydrogens (tertiary/aromatic N) is 1. The van der Waals surface area contributed by atoms with Gasteiger partial charge < -0.3 is 10.2 Å². The molecule has 0 saturated carbocycles. The molecular formula is C9H16N2O2. The summed E-state index contributed by atoms with van der Waals surface area (Å²) >= 11 is 0. The first-order valence-corrected chi connectivity index (χ1v) is 4.60. The molecule has 1 N–H and O–H groups in total. The molecule has 1 saturated heterocycles. The van der Waals surface area contributed by atoms with E-state index >= 15 is 0 Å². The van der Waals surface area contributed by atoms with E-state index in [0.29, 0.717) is 0 Å². The minimum absolute atomic E-state index is 0.0464. The highest BCUT2D eigenvalue weighted by Gasteiger charge is 2.27. The summed E-state index contributed by atoms with van der Waals surface area (Å²) in [6, 6.07) is -0.0897. The second-order valence-electron chi connectivity index (χ2n) is 3.45. The number of rotatable bonds is 3. The van der Waals surface area contributed by atoms with Crippen molar-refractivity contribution < 1.29 is 9.59 Å². The summed E-state index contributed by atoms with van der Waals surface area (Å²) < 4.78 is 0. The Morgan fingerprint density at radius 2 is 2.38 bits per heavy atom. The Morgan fingerprint density at radius 3 is 2.92 bits per heavy atom. The van der Waals surface area contributed by atoms with E-state index in [4.69, 9.17) is 0 Å². The van der Waals surface area contributed by atoms with Gasteiger partial charge in [0.2, 0.25) is 5.91 Å². The number of nitrogens with one attached hydrogen (secondary N) is 1. The number of hydrogen-bond acceptors (Lipinski definition) is 3. The molecule has 0 bridgehead atoms. The van der Waals surface area contributed by atoms with Crippen LogP contribution in [0.4, 0.5) is 0 Å². The van der Waals surface area contributed by atoms with Gasteiger partial charge in [0, 0.05) is 6.54 Å². The summed E-state index contributed by atoms with van der Waals surface area (Å²) in [5, 5.41) is 2.95. The fourth-order valence-corrected chi connectivity index (χ4v) is 1.63. The third-order valence-corrected chi connectivity index (χ3v) is 2.29. The van der Waals surface area contributed by atoms with Crippen molar-refractivity contribution in [3.63, 3.8) is 0 Å². The summed E-state index contributed by atoms with van der Waals surface area (Å²) in [6.45, 7) is 2.49. The number of ketones is 1. The number of piperidine rings is 1. The normalized spacial score (nSPS) is 23.4. The zero-order valence-corrected chi connectivity index (χ0v) is 8.17. The maximum atomic E-state index is 11.6. The van der Waals surface area contributed by atoms with Crippen molar-refractivity contribution in [2.24, 2.45) is 0 Å². The number of likely N-dealkylation sites (N-methyl/N-ethyl adjacent to an activating group) is 1. The van der Waals surface area contributed by atoms with Gasteiger partial charge in [-0.15, -0.1) is 0 Å². The van der Waals surface area contributed by atoms with Crippen LogP contribution >= 0.6 is 0 Å². The van der Waals surface area contributed by atoms with Gasteiger partial charge in [-0.3, -0.25) is 9.59 Å². The van der Waals surface area contributed by atoms with Gasteiger partial charge in [-0.25, -0.2) is 0 Å². The molecule has 1 amide bonds. The first-order chi connectivity index (χ1) is 6.15. The first-order valence-electron chi connectivity index (χ1n) is 4.60. The highest BCUT2D eigenvalue weighted by Crippen LogP contribution is 2.10. The third kappa shape index (κ3) is 2.52. The Bertz CT molecular complexity index is 216. The van der Waals surface area contributed by atoms with E-state index in [1.807, 2.05) is 0 Å². The Hall–Kier alpha value is -0.900. The quantitative estimate of drug-likeness (QED) is 0.660. The van der Waals surface area contributed by atoms with Crippen LogP contribution < -0.4 is 5.32 Å². The van der Waals surface area contributed by atoms with E-state index in [9.17, 15) is 9.59 Å². The van der Waals surface area contributed by atoms with Gasteiger partial charge in [0.25, 0.3) is 0 Å². The molecule has 4 nitrogen and oxygen atoms in total. The summed E-state index contributed by atoms with van der Waals surface area (Å²) in [4.78, 5) is 24.1. The molecule has 1 atom stereocenters. The predicted molar refractivity (Wildman–Crippen MR) is 49.3 cm³/mol. The van der Waals surface area contributed by atoms with Crippen LogP contribution in [0.1, 0.15) is 19.8 Å². The molecule has 1 rings (SSSR count). The summed E-state index contributed by atoms with van der Waals surface area (Å²) in [5.74, 6) is 0.106. The number of amides is 1. The highest BCUT2D eigenvalue weighted by atomic mass is 16.2. The van der Waals surface area contributed by atoms with Crippen LogP contribution in [0.25, 0.3) is 0 Å². The summed E-state index contributed by atoms with van der Waals surface area (Å²) in [7, 11) is 1.78. The highest BCUT2D eigenvalue weighted by molar-refractivity contribution is 5.87. The van der Waals surface area contributed by atoms with Gasteiger partial charge in [-0.2, -0.15) is 0 Å². The van der Waals surface area contributed by atoms with Crippen molar-refractivity contribution in [3.05, 3.63) is 0 Å². The Labute approximate surface area is 78.3 Å². The first kappa shape index (κ1) is 10.2. The minimum Gasteiger partial charge on any atom is -0.334 e. The number of Topliss-reactive ketones (excluding diaryl/α,β-unsaturated/α-hetero) is 1. The van der Waals surface area contributed by atoms with Crippen molar-refractivity contribution in [3.8, 4) is 0 Å². The van der Waals surface area contributed by atoms with Crippen molar-refractivity contribution in [1.82, 2.24) is 10.2 Å². The molecule has 74 valence electrons. The van der Waals surface area contributed by atoms with Crippen LogP contribution in [0.15, 0.2) is 0 Å². The molecule has 0 aromatic heterocycles. The summed E-state index contributed by atoms with van der Waals surface area (Å²) in [6.07, 6.45) is 1.86. The molecule has 1 aliphatic heterocycles. The molecular weight excluding hydrogens is 168 g/mol. The van der Waals surface area contributed by atoms with E-state index in [-0.39, 0.29) is 24.3 Å². The molecule has 0 unspecified atom stereocenters. The van der Waals surface area contributed by atoms with E-state index in [1.165, 1.54) is 6.92 Å². The molecule has 0 aromatic carbocycles. The van der Waals surface area contributed by atoms with Crippen LogP contribution in [0.5, 0.6) is 0 Å². The van der Waals surface area contributed by atoms with Crippen molar-refractivity contribution in [2.45, 2.75) is 25.8 Å². The van der Waals surface area contributed by atoms with Crippen LogP contribution in [-0.4, -0.2) is 42.8 Å². The number of hydrogen-bond donors (Lipinski definition) is 1. The maximum Gasteiger partial charge on any atom is 0.240 e. The topological polar surface area (TPSA) is 49.4 Å². The van der Waals surface area contributed by atoms with Gasteiger partial charge in [-0.1, -0.05) is 0 Å². The number of likely N-dealkylation sites (tertiary alicyclic amines) is 1. The monoisotopic (exact) mass is 184 g/mol. The molecule has 13 heavy (non-hydrogen) atoms. The van der Waals surface area contributed by atoms with Gasteiger partial charge in [0.1, 0.15) is 5.78 Å². The summed E-state index contributed by atoms with van der Waals surface area (Å²) in [5.41, 5.74) is 0. The fraction of sp³-hybridized carbons (Fsp3) is 0.778. The Morgan fingerprint density at radius 1 is 1.69 bits per heavy atom. The lowest BCUT2D eigenvalue weighted by Crippen LogP contribution is -2.50. The van der Waals surface area contributed by atoms with Crippen LogP contribution in [0.2, 0.25) is 0 Å². The van der Waals surface area contributed by atoms with Gasteiger partial charge >= 0.3 is 0 Å². The number of carbonyl (C=O) groups excluding carboxylic acids is 2. The second kappa shape index (κ2) is 4.37. The Balaban J connectivity index is 2.54. The maximum absolute atomic E-state index is 11.6. The fourth-order valence-electron chi connectivity index (χ4n) is 1.63. The SMILES string of the molecule is CN[C@H]1CCCN(CC(C)=O)C1=O. The molecule has 4 heteroatoms. The van der Waals surface area contributed by atoms with Crippen LogP contribution in [0, 0.1) is 0 Å². The molecule has 0 aliphatic carbocycles. The van der Waals surface area contributed by atoms with E-state index in [0.717, 1.165) is 19.4 Å². The molecule has 0 aromatic rings. The van der Waals surface area contributed by atoms with Gasteiger partial charge in [0.05, 0.1) is 12.6 Å². The lowest BCUT2D eigenvalue weighted by Gasteiger charge is -2.31. The zero-order chi connectivity index (χ0) is 9.84. The lowest BCUT2D eigenvalue weighted by atomic mass is 10.0. The van der Waals surface area contributed by atoms with Crippen LogP contribution in [0.3, 0.4) is 0 Å². The molecule has 0 spiro atoms. The average molecular weight is 184 g/mol. The van der Waals surface area contributed by atoms with Gasteiger partial charge in [-0.05, 0) is 26.8 Å². The predicted octanol–water partition coefficient (Wildman–Crippen LogP) is -0.214. The third-order valence-electron chi connectivity index (χ3n) is 2.29. The van der Waals surface area contributed by atoms with Crippen molar-refractivity contribution in [2.75, 3.05) is 20.1 Å². The van der Waals surface area contributed by atoms with Crippen LogP contribution in [-0.2, 0) is 9.59 Å². The minimum atomic E-state index is -0.0897. The largest absolute Gasteiger partial charge is 0.334 e. The molecule has 1 fully saturated rings. The van der Waals surface area contributed by atoms with Gasteiger partial charge in [0.15, 0.2) is 0 Å². The lowest BCUT2D eigenvalue weighted by molar-refractivity contribution is -0.138. The molecule has 1 heterocycles. The Kier molecular flexibility index (Phi) is 3.42. The van der Waals surface area contributed by atoms with E-state index in [1.54, 1.807) is 11.9 Å². The van der Waals surface area contributed by atoms with E-state index < -0.39 is 0 Å². The van der Waals surface area contributed by atoms with E-state index in [2.05, 4.69) is 5.32 Å². The van der Waals surface area contributed by atoms with Crippen molar-refractivity contribution in [1.29, 1.82) is 0 Å². The zero-order valence-electron chi connectivity index (χ0n) is 8.17. The number of carbonyl (C=O) groups is 2. The van der Waals surface area contributed by atoms with Crippen molar-refractivity contribution >= 4 is 11.7 Å².